The molecule has 1 aliphatic carbocycles. The highest BCUT2D eigenvalue weighted by Crippen LogP contribution is 2.31. The zero-order valence-corrected chi connectivity index (χ0v) is 14.2. The third-order valence-electron chi connectivity index (χ3n) is 5.04. The van der Waals surface area contributed by atoms with Crippen LogP contribution < -0.4 is 20.1 Å². The standard InChI is InChI=1S/C20H22N2O3/c1-24-16-3-2-4-17(11-16)25-15-7-5-14(6-8-15)20(23)22-19-10-13-9-18(19)21-12-13/h2-8,11,13,18-19,21H,9-10,12H2,1H3,(H,22,23). The van der Waals surface area contributed by atoms with Gasteiger partial charge < -0.3 is 20.1 Å². The minimum Gasteiger partial charge on any atom is -0.497 e. The molecule has 25 heavy (non-hydrogen) atoms. The van der Waals surface area contributed by atoms with Crippen molar-refractivity contribution >= 4 is 5.91 Å². The van der Waals surface area contributed by atoms with Crippen LogP contribution in [0, 0.1) is 5.92 Å². The van der Waals surface area contributed by atoms with Crippen molar-refractivity contribution in [2.75, 3.05) is 13.7 Å². The van der Waals surface area contributed by atoms with Crippen molar-refractivity contribution in [1.29, 1.82) is 0 Å². The molecule has 2 aromatic carbocycles. The maximum Gasteiger partial charge on any atom is 0.251 e. The highest BCUT2D eigenvalue weighted by molar-refractivity contribution is 5.94. The van der Waals surface area contributed by atoms with Crippen LogP contribution in [-0.2, 0) is 0 Å². The fourth-order valence-corrected chi connectivity index (χ4v) is 3.74. The molecular weight excluding hydrogens is 316 g/mol. The molecule has 1 saturated carbocycles. The molecule has 2 fully saturated rings. The topological polar surface area (TPSA) is 59.6 Å². The number of hydrogen-bond acceptors (Lipinski definition) is 4. The highest BCUT2D eigenvalue weighted by Gasteiger charge is 2.39. The van der Waals surface area contributed by atoms with Crippen LogP contribution in [-0.4, -0.2) is 31.6 Å². The lowest BCUT2D eigenvalue weighted by Gasteiger charge is -2.24. The molecule has 2 N–H and O–H groups in total. The number of hydrogen-bond donors (Lipinski definition) is 2. The van der Waals surface area contributed by atoms with Gasteiger partial charge >= 0.3 is 0 Å². The van der Waals surface area contributed by atoms with Crippen molar-refractivity contribution in [2.24, 2.45) is 5.92 Å². The van der Waals surface area contributed by atoms with E-state index in [1.165, 1.54) is 6.42 Å². The number of fused-ring (bicyclic) bond motifs is 2. The molecule has 1 amide bonds. The Kier molecular flexibility index (Phi) is 4.32. The number of nitrogens with one attached hydrogen (secondary N) is 2. The maximum absolute atomic E-state index is 12.4. The van der Waals surface area contributed by atoms with E-state index in [0.717, 1.165) is 18.7 Å². The molecule has 2 bridgehead atoms. The van der Waals surface area contributed by atoms with Gasteiger partial charge in [0.15, 0.2) is 0 Å². The van der Waals surface area contributed by atoms with E-state index in [2.05, 4.69) is 10.6 Å². The normalized spacial score (nSPS) is 24.1. The summed E-state index contributed by atoms with van der Waals surface area (Å²) < 4.78 is 11.0. The van der Waals surface area contributed by atoms with Crippen molar-refractivity contribution in [3.63, 3.8) is 0 Å². The molecule has 5 heteroatoms. The molecule has 130 valence electrons. The maximum atomic E-state index is 12.4. The highest BCUT2D eigenvalue weighted by atomic mass is 16.5. The molecule has 2 aliphatic rings. The third-order valence-corrected chi connectivity index (χ3v) is 5.04. The number of carbonyl (C=O) groups is 1. The predicted molar refractivity (Wildman–Crippen MR) is 95.3 cm³/mol. The number of amides is 1. The SMILES string of the molecule is COc1cccc(Oc2ccc(C(=O)NC3CC4CNC3C4)cc2)c1. The summed E-state index contributed by atoms with van der Waals surface area (Å²) >= 11 is 0. The van der Waals surface area contributed by atoms with Gasteiger partial charge in [-0.3, -0.25) is 4.79 Å². The molecule has 2 aromatic rings. The monoisotopic (exact) mass is 338 g/mol. The number of methoxy groups -OCH3 is 1. The fraction of sp³-hybridized carbons (Fsp3) is 0.350. The zero-order valence-electron chi connectivity index (χ0n) is 14.2. The molecule has 5 nitrogen and oxygen atoms in total. The van der Waals surface area contributed by atoms with Crippen LogP contribution in [0.1, 0.15) is 23.2 Å². The Bertz CT molecular complexity index is 760. The fourth-order valence-electron chi connectivity index (χ4n) is 3.74. The summed E-state index contributed by atoms with van der Waals surface area (Å²) in [4.78, 5) is 12.4. The number of piperidine rings is 1. The predicted octanol–water partition coefficient (Wildman–Crippen LogP) is 2.97. The van der Waals surface area contributed by atoms with Crippen LogP contribution in [0.4, 0.5) is 0 Å². The lowest BCUT2D eigenvalue weighted by molar-refractivity contribution is 0.0928. The Balaban J connectivity index is 1.38. The second-order valence-corrected chi connectivity index (χ2v) is 6.74. The first-order chi connectivity index (χ1) is 12.2. The van der Waals surface area contributed by atoms with Crippen LogP contribution in [0.15, 0.2) is 48.5 Å². The van der Waals surface area contributed by atoms with Gasteiger partial charge in [-0.2, -0.15) is 0 Å². The van der Waals surface area contributed by atoms with Gasteiger partial charge in [-0.05, 0) is 61.7 Å². The Morgan fingerprint density at radius 2 is 1.88 bits per heavy atom. The molecule has 0 spiro atoms. The van der Waals surface area contributed by atoms with Crippen molar-refractivity contribution in [3.8, 4) is 17.2 Å². The van der Waals surface area contributed by atoms with Gasteiger partial charge in [-0.1, -0.05) is 6.07 Å². The molecular formula is C20H22N2O3. The summed E-state index contributed by atoms with van der Waals surface area (Å²) in [6, 6.07) is 15.3. The molecule has 1 aliphatic heterocycles. The van der Waals surface area contributed by atoms with Crippen LogP contribution >= 0.6 is 0 Å². The minimum absolute atomic E-state index is 0.0210. The second kappa shape index (κ2) is 6.76. The second-order valence-electron chi connectivity index (χ2n) is 6.74. The van der Waals surface area contributed by atoms with E-state index in [1.807, 2.05) is 36.4 Å². The van der Waals surface area contributed by atoms with E-state index in [0.29, 0.717) is 29.0 Å². The smallest absolute Gasteiger partial charge is 0.251 e. The van der Waals surface area contributed by atoms with Crippen molar-refractivity contribution in [1.82, 2.24) is 10.6 Å². The van der Waals surface area contributed by atoms with Gasteiger partial charge in [0.1, 0.15) is 17.2 Å². The van der Waals surface area contributed by atoms with E-state index >= 15 is 0 Å². The molecule has 4 rings (SSSR count). The van der Waals surface area contributed by atoms with Gasteiger partial charge in [-0.15, -0.1) is 0 Å². The Hall–Kier alpha value is -2.53. The molecule has 1 heterocycles. The average Bonchev–Trinajstić information content (AvgIpc) is 3.25. The first kappa shape index (κ1) is 16.0. The largest absolute Gasteiger partial charge is 0.497 e. The minimum atomic E-state index is -0.0210. The van der Waals surface area contributed by atoms with Crippen molar-refractivity contribution in [2.45, 2.75) is 24.9 Å². The van der Waals surface area contributed by atoms with Crippen LogP contribution in [0.2, 0.25) is 0 Å². The quantitative estimate of drug-likeness (QED) is 0.880. The summed E-state index contributed by atoms with van der Waals surface area (Å²) in [5.74, 6) is 2.82. The van der Waals surface area contributed by atoms with Crippen molar-refractivity contribution in [3.05, 3.63) is 54.1 Å². The Morgan fingerprint density at radius 3 is 2.56 bits per heavy atom. The Morgan fingerprint density at radius 1 is 1.08 bits per heavy atom. The number of carbonyl (C=O) groups excluding carboxylic acids is 1. The van der Waals surface area contributed by atoms with Gasteiger partial charge in [0.25, 0.3) is 5.91 Å². The summed E-state index contributed by atoms with van der Waals surface area (Å²) in [5.41, 5.74) is 0.653. The lowest BCUT2D eigenvalue weighted by atomic mass is 10.1. The zero-order chi connectivity index (χ0) is 17.2. The van der Waals surface area contributed by atoms with E-state index in [4.69, 9.17) is 9.47 Å². The summed E-state index contributed by atoms with van der Waals surface area (Å²) in [7, 11) is 1.62. The summed E-state index contributed by atoms with van der Waals surface area (Å²) in [5, 5.41) is 6.62. The lowest BCUT2D eigenvalue weighted by Crippen LogP contribution is -2.47. The number of ether oxygens (including phenoxy) is 2. The molecule has 0 radical (unpaired) electrons. The first-order valence-electron chi connectivity index (χ1n) is 8.67. The molecule has 3 unspecified atom stereocenters. The van der Waals surface area contributed by atoms with Crippen LogP contribution in [0.5, 0.6) is 17.2 Å². The van der Waals surface area contributed by atoms with Gasteiger partial charge in [0, 0.05) is 23.7 Å². The van der Waals surface area contributed by atoms with Crippen LogP contribution in [0.25, 0.3) is 0 Å². The van der Waals surface area contributed by atoms with Gasteiger partial charge in [0.05, 0.1) is 7.11 Å². The van der Waals surface area contributed by atoms with E-state index < -0.39 is 0 Å². The van der Waals surface area contributed by atoms with Gasteiger partial charge in [-0.25, -0.2) is 0 Å². The number of benzene rings is 2. The molecule has 0 aromatic heterocycles. The third kappa shape index (κ3) is 3.46. The summed E-state index contributed by atoms with van der Waals surface area (Å²) in [6.45, 7) is 1.09. The Labute approximate surface area is 147 Å². The molecule has 3 atom stereocenters. The first-order valence-corrected chi connectivity index (χ1v) is 8.67. The van der Waals surface area contributed by atoms with E-state index in [-0.39, 0.29) is 11.9 Å². The van der Waals surface area contributed by atoms with Crippen molar-refractivity contribution < 1.29 is 14.3 Å². The van der Waals surface area contributed by atoms with E-state index in [1.54, 1.807) is 19.2 Å². The molecule has 1 saturated heterocycles. The average molecular weight is 338 g/mol. The number of rotatable bonds is 5. The summed E-state index contributed by atoms with van der Waals surface area (Å²) in [6.07, 6.45) is 2.26. The van der Waals surface area contributed by atoms with E-state index in [9.17, 15) is 4.79 Å². The van der Waals surface area contributed by atoms with Gasteiger partial charge in [0.2, 0.25) is 0 Å². The van der Waals surface area contributed by atoms with Crippen LogP contribution in [0.3, 0.4) is 0 Å².